The molecule has 3 N–H and O–H groups in total. The van der Waals surface area contributed by atoms with Gasteiger partial charge >= 0.3 is 0 Å². The van der Waals surface area contributed by atoms with Crippen LogP contribution in [0, 0.1) is 0 Å². The SMILES string of the molecule is NCCc1ccc(S(=O)(=O)Nc2ncc(Br)s2)cc1. The second kappa shape index (κ2) is 6.00. The molecule has 2 aromatic rings. The minimum Gasteiger partial charge on any atom is -0.330 e. The van der Waals surface area contributed by atoms with Gasteiger partial charge in [-0.1, -0.05) is 23.5 Å². The van der Waals surface area contributed by atoms with Gasteiger partial charge in [-0.2, -0.15) is 0 Å². The lowest BCUT2D eigenvalue weighted by molar-refractivity contribution is 0.601. The quantitative estimate of drug-likeness (QED) is 0.854. The van der Waals surface area contributed by atoms with Crippen LogP contribution < -0.4 is 10.5 Å². The molecule has 0 atom stereocenters. The number of rotatable bonds is 5. The van der Waals surface area contributed by atoms with Crippen LogP contribution in [0.25, 0.3) is 0 Å². The Morgan fingerprint density at radius 2 is 2.00 bits per heavy atom. The number of benzene rings is 1. The summed E-state index contributed by atoms with van der Waals surface area (Å²) in [5, 5.41) is 0.331. The molecule has 5 nitrogen and oxygen atoms in total. The predicted octanol–water partition coefficient (Wildman–Crippen LogP) is 2.21. The Bertz CT molecular complexity index is 653. The second-order valence-electron chi connectivity index (χ2n) is 3.76. The van der Waals surface area contributed by atoms with Crippen LogP contribution in [0.5, 0.6) is 0 Å². The zero-order valence-corrected chi connectivity index (χ0v) is 13.1. The average molecular weight is 362 g/mol. The number of halogens is 1. The Hall–Kier alpha value is -0.960. The van der Waals surface area contributed by atoms with Gasteiger partial charge in [0.2, 0.25) is 0 Å². The summed E-state index contributed by atoms with van der Waals surface area (Å²) >= 11 is 4.45. The summed E-state index contributed by atoms with van der Waals surface area (Å²) in [6, 6.07) is 6.66. The molecule has 1 aromatic heterocycles. The summed E-state index contributed by atoms with van der Waals surface area (Å²) in [4.78, 5) is 4.15. The van der Waals surface area contributed by atoms with E-state index in [1.54, 1.807) is 30.5 Å². The van der Waals surface area contributed by atoms with E-state index in [9.17, 15) is 8.42 Å². The van der Waals surface area contributed by atoms with Crippen molar-refractivity contribution in [2.75, 3.05) is 11.3 Å². The fourth-order valence-corrected chi connectivity index (χ4v) is 3.83. The van der Waals surface area contributed by atoms with Gasteiger partial charge in [0, 0.05) is 0 Å². The highest BCUT2D eigenvalue weighted by atomic mass is 79.9. The van der Waals surface area contributed by atoms with E-state index in [0.717, 1.165) is 15.8 Å². The maximum Gasteiger partial charge on any atom is 0.263 e. The van der Waals surface area contributed by atoms with Crippen LogP contribution in [0.2, 0.25) is 0 Å². The van der Waals surface area contributed by atoms with Crippen LogP contribution >= 0.6 is 27.3 Å². The first-order valence-electron chi connectivity index (χ1n) is 5.44. The normalized spacial score (nSPS) is 11.5. The molecule has 8 heteroatoms. The fraction of sp³-hybridized carbons (Fsp3) is 0.182. The molecule has 0 fully saturated rings. The van der Waals surface area contributed by atoms with Gasteiger partial charge in [0.05, 0.1) is 14.9 Å². The highest BCUT2D eigenvalue weighted by Crippen LogP contribution is 2.25. The molecule has 0 radical (unpaired) electrons. The zero-order chi connectivity index (χ0) is 13.9. The molecule has 0 amide bonds. The molecule has 2 rings (SSSR count). The number of thiazole rings is 1. The molecule has 0 saturated carbocycles. The van der Waals surface area contributed by atoms with E-state index in [-0.39, 0.29) is 4.90 Å². The number of nitrogens with one attached hydrogen (secondary N) is 1. The van der Waals surface area contributed by atoms with Crippen LogP contribution in [-0.4, -0.2) is 19.9 Å². The van der Waals surface area contributed by atoms with Crippen molar-refractivity contribution < 1.29 is 8.42 Å². The van der Waals surface area contributed by atoms with Gasteiger partial charge in [-0.15, -0.1) is 0 Å². The number of nitrogens with zero attached hydrogens (tertiary/aromatic N) is 1. The molecule has 0 unspecified atom stereocenters. The third-order valence-electron chi connectivity index (χ3n) is 2.37. The highest BCUT2D eigenvalue weighted by Gasteiger charge is 2.15. The number of anilines is 1. The van der Waals surface area contributed by atoms with Gasteiger partial charge in [0.25, 0.3) is 10.0 Å². The van der Waals surface area contributed by atoms with E-state index in [4.69, 9.17) is 5.73 Å². The first-order valence-corrected chi connectivity index (χ1v) is 8.54. The molecule has 0 saturated heterocycles. The second-order valence-corrected chi connectivity index (χ2v) is 7.85. The van der Waals surface area contributed by atoms with Gasteiger partial charge in [0.15, 0.2) is 5.13 Å². The van der Waals surface area contributed by atoms with E-state index in [2.05, 4.69) is 25.6 Å². The number of hydrogen-bond acceptors (Lipinski definition) is 5. The van der Waals surface area contributed by atoms with E-state index < -0.39 is 10.0 Å². The smallest absolute Gasteiger partial charge is 0.263 e. The third kappa shape index (κ3) is 3.75. The van der Waals surface area contributed by atoms with Crippen LogP contribution in [-0.2, 0) is 16.4 Å². The number of hydrogen-bond donors (Lipinski definition) is 2. The van der Waals surface area contributed by atoms with Crippen molar-refractivity contribution in [2.45, 2.75) is 11.3 Å². The average Bonchev–Trinajstić information content (AvgIpc) is 2.75. The Morgan fingerprint density at radius 1 is 1.32 bits per heavy atom. The summed E-state index contributed by atoms with van der Waals surface area (Å²) in [6.45, 7) is 0.539. The number of aromatic nitrogens is 1. The van der Waals surface area contributed by atoms with Gasteiger partial charge in [-0.3, -0.25) is 4.72 Å². The lowest BCUT2D eigenvalue weighted by atomic mass is 10.2. The maximum atomic E-state index is 12.1. The topological polar surface area (TPSA) is 85.1 Å². The molecule has 1 heterocycles. The van der Waals surface area contributed by atoms with Crippen molar-refractivity contribution in [3.63, 3.8) is 0 Å². The van der Waals surface area contributed by atoms with E-state index in [1.165, 1.54) is 11.3 Å². The molecule has 0 bridgehead atoms. The van der Waals surface area contributed by atoms with Crippen LogP contribution in [0.4, 0.5) is 5.13 Å². The van der Waals surface area contributed by atoms with E-state index >= 15 is 0 Å². The minimum absolute atomic E-state index is 0.208. The Morgan fingerprint density at radius 3 is 2.53 bits per heavy atom. The van der Waals surface area contributed by atoms with Crippen LogP contribution in [0.1, 0.15) is 5.56 Å². The Balaban J connectivity index is 2.19. The van der Waals surface area contributed by atoms with Gasteiger partial charge < -0.3 is 5.73 Å². The summed E-state index contributed by atoms with van der Waals surface area (Å²) < 4.78 is 27.4. The van der Waals surface area contributed by atoms with Crippen molar-refractivity contribution in [2.24, 2.45) is 5.73 Å². The lowest BCUT2D eigenvalue weighted by Gasteiger charge is -2.06. The van der Waals surface area contributed by atoms with Crippen LogP contribution in [0.15, 0.2) is 39.1 Å². The molecule has 0 spiro atoms. The maximum absolute atomic E-state index is 12.1. The van der Waals surface area contributed by atoms with Crippen molar-refractivity contribution in [3.8, 4) is 0 Å². The van der Waals surface area contributed by atoms with E-state index in [1.807, 2.05) is 0 Å². The summed E-state index contributed by atoms with van der Waals surface area (Å²) in [5.41, 5.74) is 6.46. The molecular formula is C11H12BrN3O2S2. The van der Waals surface area contributed by atoms with Crippen molar-refractivity contribution in [3.05, 3.63) is 39.8 Å². The number of sulfonamides is 1. The Labute approximate surface area is 124 Å². The van der Waals surface area contributed by atoms with Crippen molar-refractivity contribution in [1.29, 1.82) is 0 Å². The molecule has 102 valence electrons. The third-order valence-corrected chi connectivity index (χ3v) is 5.24. The monoisotopic (exact) mass is 361 g/mol. The summed E-state index contributed by atoms with van der Waals surface area (Å²) in [5.74, 6) is 0. The standard InChI is InChI=1S/C11H12BrN3O2S2/c12-10-7-14-11(18-10)15-19(16,17)9-3-1-8(2-4-9)5-6-13/h1-4,7H,5-6,13H2,(H,14,15). The van der Waals surface area contributed by atoms with Gasteiger partial charge in [-0.05, 0) is 46.6 Å². The molecule has 0 aliphatic rings. The van der Waals surface area contributed by atoms with Crippen molar-refractivity contribution in [1.82, 2.24) is 4.98 Å². The zero-order valence-electron chi connectivity index (χ0n) is 9.84. The van der Waals surface area contributed by atoms with Gasteiger partial charge in [-0.25, -0.2) is 13.4 Å². The molecular weight excluding hydrogens is 350 g/mol. The first-order chi connectivity index (χ1) is 9.01. The predicted molar refractivity (Wildman–Crippen MR) is 79.8 cm³/mol. The lowest BCUT2D eigenvalue weighted by Crippen LogP contribution is -2.12. The summed E-state index contributed by atoms with van der Waals surface area (Å²) in [7, 11) is -3.59. The van der Waals surface area contributed by atoms with E-state index in [0.29, 0.717) is 11.7 Å². The fourth-order valence-electron chi connectivity index (χ4n) is 1.48. The molecule has 0 aliphatic heterocycles. The van der Waals surface area contributed by atoms with Gasteiger partial charge in [0.1, 0.15) is 0 Å². The number of nitrogens with two attached hydrogens (primary N) is 1. The highest BCUT2D eigenvalue weighted by molar-refractivity contribution is 9.11. The first kappa shape index (κ1) is 14.4. The largest absolute Gasteiger partial charge is 0.330 e. The molecule has 0 aliphatic carbocycles. The molecule has 19 heavy (non-hydrogen) atoms. The molecule has 1 aromatic carbocycles. The minimum atomic E-state index is -3.59. The van der Waals surface area contributed by atoms with Crippen molar-refractivity contribution >= 4 is 42.4 Å². The van der Waals surface area contributed by atoms with Crippen LogP contribution in [0.3, 0.4) is 0 Å². The Kier molecular flexibility index (Phi) is 4.56. The summed E-state index contributed by atoms with van der Waals surface area (Å²) in [6.07, 6.45) is 2.28.